The van der Waals surface area contributed by atoms with Gasteiger partial charge in [-0.3, -0.25) is 4.79 Å². The fourth-order valence-corrected chi connectivity index (χ4v) is 7.35. The van der Waals surface area contributed by atoms with Crippen molar-refractivity contribution in [2.75, 3.05) is 0 Å². The number of hydrogen-bond acceptors (Lipinski definition) is 1. The number of hydrogen-bond donors (Lipinski definition) is 0. The number of carbonyl (C=O) groups excluding carboxylic acids is 1. The topological polar surface area (TPSA) is 17.1 Å². The Labute approximate surface area is 148 Å². The van der Waals surface area contributed by atoms with Crippen molar-refractivity contribution in [1.29, 1.82) is 0 Å². The maximum atomic E-state index is 12.2. The van der Waals surface area contributed by atoms with E-state index in [2.05, 4.69) is 19.1 Å². The van der Waals surface area contributed by atoms with Gasteiger partial charge < -0.3 is 0 Å². The Balaban J connectivity index is 1.25. The molecule has 3 fully saturated rings. The van der Waals surface area contributed by atoms with Crippen LogP contribution in [0, 0.1) is 47.3 Å². The summed E-state index contributed by atoms with van der Waals surface area (Å²) in [6.45, 7) is 4.15. The molecule has 0 amide bonds. The maximum absolute atomic E-state index is 12.2. The van der Waals surface area contributed by atoms with Gasteiger partial charge >= 0.3 is 0 Å². The van der Waals surface area contributed by atoms with E-state index in [1.54, 1.807) is 0 Å². The van der Waals surface area contributed by atoms with Gasteiger partial charge in [-0.25, -0.2) is 0 Å². The van der Waals surface area contributed by atoms with Gasteiger partial charge in [-0.15, -0.1) is 0 Å². The van der Waals surface area contributed by atoms with Gasteiger partial charge in [-0.05, 0) is 61.2 Å². The van der Waals surface area contributed by atoms with E-state index in [1.165, 1.54) is 64.2 Å². The van der Waals surface area contributed by atoms with Crippen molar-refractivity contribution in [3.05, 3.63) is 12.2 Å². The van der Waals surface area contributed by atoms with Crippen LogP contribution in [0.5, 0.6) is 0 Å². The quantitative estimate of drug-likeness (QED) is 0.353. The Morgan fingerprint density at radius 1 is 0.875 bits per heavy atom. The Morgan fingerprint density at radius 2 is 1.54 bits per heavy atom. The largest absolute Gasteiger partial charge is 0.300 e. The van der Waals surface area contributed by atoms with Gasteiger partial charge in [0.1, 0.15) is 5.78 Å². The molecule has 0 aliphatic heterocycles. The van der Waals surface area contributed by atoms with Crippen LogP contribution in [0.1, 0.15) is 78.1 Å². The second-order valence-electron chi connectivity index (χ2n) is 9.32. The highest BCUT2D eigenvalue weighted by Gasteiger charge is 2.68. The van der Waals surface area contributed by atoms with Crippen molar-refractivity contribution in [1.82, 2.24) is 0 Å². The Morgan fingerprint density at radius 3 is 2.25 bits per heavy atom. The molecule has 0 N–H and O–H groups in total. The molecule has 1 nitrogen and oxygen atoms in total. The molecule has 8 atom stereocenters. The lowest BCUT2D eigenvalue weighted by Gasteiger charge is -2.59. The predicted octanol–water partition coefficient (Wildman–Crippen LogP) is 6.04. The second-order valence-corrected chi connectivity index (χ2v) is 9.32. The summed E-state index contributed by atoms with van der Waals surface area (Å²) < 4.78 is 0. The molecule has 4 bridgehead atoms. The molecule has 5 aliphatic carbocycles. The molecule has 0 aromatic rings. The first kappa shape index (κ1) is 16.9. The Hall–Kier alpha value is -0.590. The molecule has 0 heterocycles. The third kappa shape index (κ3) is 2.61. The van der Waals surface area contributed by atoms with E-state index in [4.69, 9.17) is 0 Å². The molecular formula is C23H36O. The smallest absolute Gasteiger partial charge is 0.133 e. The highest BCUT2D eigenvalue weighted by molar-refractivity contribution is 5.80. The zero-order chi connectivity index (χ0) is 16.7. The fourth-order valence-electron chi connectivity index (χ4n) is 7.35. The summed E-state index contributed by atoms with van der Waals surface area (Å²) in [5.41, 5.74) is 0. The molecule has 0 spiro atoms. The zero-order valence-corrected chi connectivity index (χ0v) is 15.8. The molecule has 1 heteroatoms. The normalized spacial score (nSPS) is 43.9. The van der Waals surface area contributed by atoms with Crippen LogP contribution in [0.15, 0.2) is 12.2 Å². The van der Waals surface area contributed by atoms with Gasteiger partial charge in [0.15, 0.2) is 0 Å². The highest BCUT2D eigenvalue weighted by Crippen LogP contribution is 2.72. The zero-order valence-electron chi connectivity index (χ0n) is 15.8. The lowest BCUT2D eigenvalue weighted by Crippen LogP contribution is -2.56. The predicted molar refractivity (Wildman–Crippen MR) is 99.6 cm³/mol. The van der Waals surface area contributed by atoms with E-state index >= 15 is 0 Å². The van der Waals surface area contributed by atoms with Gasteiger partial charge in [0.25, 0.3) is 0 Å². The summed E-state index contributed by atoms with van der Waals surface area (Å²) in [5, 5.41) is 0. The minimum atomic E-state index is 0.384. The van der Waals surface area contributed by atoms with Crippen LogP contribution >= 0.6 is 0 Å². The van der Waals surface area contributed by atoms with Crippen LogP contribution in [0.4, 0.5) is 0 Å². The summed E-state index contributed by atoms with van der Waals surface area (Å²) in [4.78, 5) is 12.2. The van der Waals surface area contributed by atoms with Gasteiger partial charge in [-0.2, -0.15) is 0 Å². The highest BCUT2D eigenvalue weighted by atomic mass is 16.1. The number of carbonyl (C=O) groups is 1. The monoisotopic (exact) mass is 328 g/mol. The molecule has 0 radical (unpaired) electrons. The number of Topliss-reactive ketones (excluding diaryl/α,β-unsaturated/α-hetero) is 1. The first-order valence-corrected chi connectivity index (χ1v) is 10.9. The third-order valence-electron chi connectivity index (χ3n) is 8.20. The summed E-state index contributed by atoms with van der Waals surface area (Å²) >= 11 is 0. The molecule has 0 aromatic heterocycles. The van der Waals surface area contributed by atoms with Gasteiger partial charge in [-0.1, -0.05) is 70.4 Å². The minimum Gasteiger partial charge on any atom is -0.300 e. The van der Waals surface area contributed by atoms with Crippen molar-refractivity contribution in [3.8, 4) is 0 Å². The molecule has 3 saturated carbocycles. The van der Waals surface area contributed by atoms with Crippen LogP contribution in [0.25, 0.3) is 0 Å². The molecule has 8 unspecified atom stereocenters. The summed E-state index contributed by atoms with van der Waals surface area (Å²) in [7, 11) is 0. The molecule has 24 heavy (non-hydrogen) atoms. The molecule has 5 aliphatic rings. The van der Waals surface area contributed by atoms with Gasteiger partial charge in [0.05, 0.1) is 0 Å². The number of ketones is 1. The van der Waals surface area contributed by atoms with Crippen molar-refractivity contribution in [3.63, 3.8) is 0 Å². The van der Waals surface area contributed by atoms with Crippen LogP contribution in [-0.2, 0) is 4.79 Å². The maximum Gasteiger partial charge on any atom is 0.133 e. The Bertz CT molecular complexity index is 492. The molecule has 5 rings (SSSR count). The van der Waals surface area contributed by atoms with Crippen molar-refractivity contribution >= 4 is 5.78 Å². The summed E-state index contributed by atoms with van der Waals surface area (Å²) in [6.07, 6.45) is 19.2. The average Bonchev–Trinajstić information content (AvgIpc) is 2.77. The Kier molecular flexibility index (Phi) is 4.89. The van der Waals surface area contributed by atoms with Crippen molar-refractivity contribution in [2.24, 2.45) is 47.3 Å². The van der Waals surface area contributed by atoms with Gasteiger partial charge in [0, 0.05) is 5.92 Å². The van der Waals surface area contributed by atoms with Crippen LogP contribution in [0.3, 0.4) is 0 Å². The SMILES string of the molecule is CCCCCCCCCCC1C2CC3C4C=CC(C3C(C)=O)C1C42. The summed E-state index contributed by atoms with van der Waals surface area (Å²) in [5.74, 6) is 6.75. The number of allylic oxidation sites excluding steroid dienone is 2. The molecular weight excluding hydrogens is 292 g/mol. The average molecular weight is 329 g/mol. The molecule has 0 saturated heterocycles. The van der Waals surface area contributed by atoms with Crippen LogP contribution in [-0.4, -0.2) is 5.78 Å². The van der Waals surface area contributed by atoms with E-state index in [1.807, 2.05) is 6.92 Å². The lowest BCUT2D eigenvalue weighted by molar-refractivity contribution is -0.134. The van der Waals surface area contributed by atoms with E-state index in [0.29, 0.717) is 23.5 Å². The van der Waals surface area contributed by atoms with Crippen molar-refractivity contribution < 1.29 is 4.79 Å². The first-order chi connectivity index (χ1) is 11.7. The van der Waals surface area contributed by atoms with Crippen LogP contribution in [0.2, 0.25) is 0 Å². The summed E-state index contributed by atoms with van der Waals surface area (Å²) in [6, 6.07) is 0. The first-order valence-electron chi connectivity index (χ1n) is 10.9. The van der Waals surface area contributed by atoms with E-state index in [9.17, 15) is 4.79 Å². The molecule has 134 valence electrons. The standard InChI is InChI=1S/C23H36O/c1-3-4-5-6-7-8-9-10-11-16-20-14-19-17-12-13-18(21(19)15(2)24)22(16)23(17)20/h12-13,16-23H,3-11,14H2,1-2H3. The third-order valence-corrected chi connectivity index (χ3v) is 8.20. The van der Waals surface area contributed by atoms with Crippen molar-refractivity contribution in [2.45, 2.75) is 78.1 Å². The lowest BCUT2D eigenvalue weighted by atomic mass is 9.45. The number of rotatable bonds is 10. The second kappa shape index (κ2) is 6.96. The fraction of sp³-hybridized carbons (Fsp3) is 0.870. The van der Waals surface area contributed by atoms with Gasteiger partial charge in [0.2, 0.25) is 0 Å². The molecule has 0 aromatic carbocycles. The minimum absolute atomic E-state index is 0.384. The van der Waals surface area contributed by atoms with Crippen LogP contribution < -0.4 is 0 Å². The number of unbranched alkanes of at least 4 members (excludes halogenated alkanes) is 7. The van der Waals surface area contributed by atoms with E-state index < -0.39 is 0 Å². The van der Waals surface area contributed by atoms with E-state index in [0.717, 1.165) is 29.6 Å². The van der Waals surface area contributed by atoms with E-state index in [-0.39, 0.29) is 0 Å².